The van der Waals surface area contributed by atoms with E-state index < -0.39 is 10.0 Å². The normalized spacial score (nSPS) is 11.1. The Labute approximate surface area is 148 Å². The molecule has 0 heterocycles. The fraction of sp³-hybridized carbons (Fsp3) is 0.278. The number of methoxy groups -OCH3 is 1. The summed E-state index contributed by atoms with van der Waals surface area (Å²) in [6.45, 7) is 1.31. The van der Waals surface area contributed by atoms with Crippen LogP contribution >= 0.6 is 0 Å². The first-order valence-electron chi connectivity index (χ1n) is 7.79. The first-order chi connectivity index (χ1) is 11.9. The van der Waals surface area contributed by atoms with Gasteiger partial charge < -0.3 is 9.64 Å². The molecule has 2 aromatic rings. The maximum absolute atomic E-state index is 12.9. The number of benzene rings is 2. The lowest BCUT2D eigenvalue weighted by Crippen LogP contribution is -2.33. The second-order valence-corrected chi connectivity index (χ2v) is 7.41. The van der Waals surface area contributed by atoms with E-state index in [-0.39, 0.29) is 5.91 Å². The Morgan fingerprint density at radius 2 is 1.84 bits per heavy atom. The van der Waals surface area contributed by atoms with Crippen LogP contribution in [0.15, 0.2) is 54.6 Å². The minimum absolute atomic E-state index is 0.182. The third kappa shape index (κ3) is 6.21. The Morgan fingerprint density at radius 1 is 1.12 bits per heavy atom. The number of carbonyl (C=O) groups is 1. The topological polar surface area (TPSA) is 75.7 Å². The van der Waals surface area contributed by atoms with Crippen LogP contribution in [0.2, 0.25) is 0 Å². The Kier molecular flexibility index (Phi) is 6.55. The lowest BCUT2D eigenvalue weighted by Gasteiger charge is -2.23. The number of hydrogen-bond acceptors (Lipinski definition) is 4. The zero-order chi connectivity index (χ0) is 18.3. The van der Waals surface area contributed by atoms with Crippen molar-refractivity contribution in [1.82, 2.24) is 4.90 Å². The van der Waals surface area contributed by atoms with E-state index in [0.29, 0.717) is 30.9 Å². The second-order valence-electron chi connectivity index (χ2n) is 5.66. The minimum atomic E-state index is -3.40. The fourth-order valence-electron chi connectivity index (χ4n) is 2.37. The van der Waals surface area contributed by atoms with Crippen molar-refractivity contribution in [2.24, 2.45) is 0 Å². The highest BCUT2D eigenvalue weighted by atomic mass is 32.2. The first-order valence-corrected chi connectivity index (χ1v) is 9.68. The van der Waals surface area contributed by atoms with Crippen molar-refractivity contribution in [3.05, 3.63) is 65.7 Å². The van der Waals surface area contributed by atoms with Crippen LogP contribution in [0.3, 0.4) is 0 Å². The summed E-state index contributed by atoms with van der Waals surface area (Å²) in [5.41, 5.74) is 1.79. The Morgan fingerprint density at radius 3 is 2.48 bits per heavy atom. The number of sulfonamides is 1. The minimum Gasteiger partial charge on any atom is -0.383 e. The number of hydrogen-bond donors (Lipinski definition) is 1. The molecule has 0 saturated heterocycles. The van der Waals surface area contributed by atoms with Gasteiger partial charge in [0.25, 0.3) is 5.91 Å². The summed E-state index contributed by atoms with van der Waals surface area (Å²) < 4.78 is 30.2. The highest BCUT2D eigenvalue weighted by Crippen LogP contribution is 2.15. The largest absolute Gasteiger partial charge is 0.383 e. The van der Waals surface area contributed by atoms with Gasteiger partial charge in [-0.05, 0) is 23.8 Å². The SMILES string of the molecule is COCCN(Cc1ccccc1)C(=O)c1cccc(NS(C)(=O)=O)c1. The van der Waals surface area contributed by atoms with Gasteiger partial charge in [0, 0.05) is 31.5 Å². The van der Waals surface area contributed by atoms with Gasteiger partial charge >= 0.3 is 0 Å². The highest BCUT2D eigenvalue weighted by Gasteiger charge is 2.17. The van der Waals surface area contributed by atoms with Crippen LogP contribution in [0.25, 0.3) is 0 Å². The van der Waals surface area contributed by atoms with E-state index in [1.54, 1.807) is 30.2 Å². The molecule has 0 spiro atoms. The number of rotatable bonds is 8. The van der Waals surface area contributed by atoms with Gasteiger partial charge in [0.15, 0.2) is 0 Å². The zero-order valence-corrected chi connectivity index (χ0v) is 15.1. The molecule has 0 bridgehead atoms. The number of anilines is 1. The summed E-state index contributed by atoms with van der Waals surface area (Å²) in [4.78, 5) is 14.5. The summed E-state index contributed by atoms with van der Waals surface area (Å²) in [5.74, 6) is -0.182. The highest BCUT2D eigenvalue weighted by molar-refractivity contribution is 7.92. The molecule has 0 unspecified atom stereocenters. The van der Waals surface area contributed by atoms with Gasteiger partial charge in [-0.2, -0.15) is 0 Å². The molecule has 0 aliphatic carbocycles. The molecule has 0 aliphatic heterocycles. The number of ether oxygens (including phenoxy) is 1. The van der Waals surface area contributed by atoms with Crippen molar-refractivity contribution in [1.29, 1.82) is 0 Å². The van der Waals surface area contributed by atoms with Crippen molar-refractivity contribution < 1.29 is 17.9 Å². The number of amides is 1. The van der Waals surface area contributed by atoms with Gasteiger partial charge in [-0.25, -0.2) is 8.42 Å². The van der Waals surface area contributed by atoms with E-state index in [1.807, 2.05) is 30.3 Å². The van der Waals surface area contributed by atoms with Crippen LogP contribution < -0.4 is 4.72 Å². The van der Waals surface area contributed by atoms with Gasteiger partial charge in [0.05, 0.1) is 12.9 Å². The van der Waals surface area contributed by atoms with Crippen LogP contribution in [-0.4, -0.2) is 45.7 Å². The maximum Gasteiger partial charge on any atom is 0.254 e. The number of nitrogens with zero attached hydrogens (tertiary/aromatic N) is 1. The van der Waals surface area contributed by atoms with Crippen LogP contribution in [-0.2, 0) is 21.3 Å². The molecule has 7 heteroatoms. The monoisotopic (exact) mass is 362 g/mol. The molecule has 134 valence electrons. The van der Waals surface area contributed by atoms with E-state index in [2.05, 4.69) is 4.72 Å². The molecule has 0 atom stereocenters. The van der Waals surface area contributed by atoms with Crippen molar-refractivity contribution in [2.45, 2.75) is 6.54 Å². The Balaban J connectivity index is 2.21. The summed E-state index contributed by atoms with van der Waals surface area (Å²) >= 11 is 0. The smallest absolute Gasteiger partial charge is 0.254 e. The molecule has 0 saturated carbocycles. The molecule has 2 rings (SSSR count). The molecule has 2 aromatic carbocycles. The van der Waals surface area contributed by atoms with Crippen molar-refractivity contribution in [3.63, 3.8) is 0 Å². The van der Waals surface area contributed by atoms with Crippen LogP contribution in [0.1, 0.15) is 15.9 Å². The summed E-state index contributed by atoms with van der Waals surface area (Å²) in [7, 11) is -1.81. The molecule has 1 N–H and O–H groups in total. The van der Waals surface area contributed by atoms with Crippen molar-refractivity contribution in [3.8, 4) is 0 Å². The van der Waals surface area contributed by atoms with Crippen molar-refractivity contribution in [2.75, 3.05) is 31.2 Å². The fourth-order valence-corrected chi connectivity index (χ4v) is 2.93. The van der Waals surface area contributed by atoms with Gasteiger partial charge in [-0.15, -0.1) is 0 Å². The quantitative estimate of drug-likeness (QED) is 0.782. The number of nitrogens with one attached hydrogen (secondary N) is 1. The summed E-state index contributed by atoms with van der Waals surface area (Å²) in [6.07, 6.45) is 1.07. The van der Waals surface area contributed by atoms with Crippen LogP contribution in [0, 0.1) is 0 Å². The predicted molar refractivity (Wildman–Crippen MR) is 98.0 cm³/mol. The van der Waals surface area contributed by atoms with E-state index in [9.17, 15) is 13.2 Å². The predicted octanol–water partition coefficient (Wildman–Crippen LogP) is 2.35. The molecule has 0 radical (unpaired) electrons. The molecular formula is C18H22N2O4S. The van der Waals surface area contributed by atoms with Crippen LogP contribution in [0.4, 0.5) is 5.69 Å². The second kappa shape index (κ2) is 8.64. The van der Waals surface area contributed by atoms with E-state index in [1.165, 1.54) is 6.07 Å². The van der Waals surface area contributed by atoms with Gasteiger partial charge in [-0.1, -0.05) is 36.4 Å². The third-order valence-electron chi connectivity index (χ3n) is 3.48. The molecule has 25 heavy (non-hydrogen) atoms. The summed E-state index contributed by atoms with van der Waals surface area (Å²) in [6, 6.07) is 16.1. The maximum atomic E-state index is 12.9. The van der Waals surface area contributed by atoms with E-state index in [4.69, 9.17) is 4.74 Å². The summed E-state index contributed by atoms with van der Waals surface area (Å²) in [5, 5.41) is 0. The Hall–Kier alpha value is -2.38. The lowest BCUT2D eigenvalue weighted by molar-refractivity contribution is 0.0680. The molecular weight excluding hydrogens is 340 g/mol. The van der Waals surface area contributed by atoms with E-state index >= 15 is 0 Å². The molecule has 1 amide bonds. The molecule has 0 aromatic heterocycles. The molecule has 0 fully saturated rings. The third-order valence-corrected chi connectivity index (χ3v) is 4.09. The van der Waals surface area contributed by atoms with Crippen molar-refractivity contribution >= 4 is 21.6 Å². The molecule has 6 nitrogen and oxygen atoms in total. The van der Waals surface area contributed by atoms with Gasteiger partial charge in [0.2, 0.25) is 10.0 Å². The first kappa shape index (κ1) is 19.0. The van der Waals surface area contributed by atoms with Gasteiger partial charge in [-0.3, -0.25) is 9.52 Å². The Bertz CT molecular complexity index is 807. The zero-order valence-electron chi connectivity index (χ0n) is 14.3. The average Bonchev–Trinajstić information content (AvgIpc) is 2.57. The number of carbonyl (C=O) groups excluding carboxylic acids is 1. The van der Waals surface area contributed by atoms with Gasteiger partial charge in [0.1, 0.15) is 0 Å². The lowest BCUT2D eigenvalue weighted by atomic mass is 10.1. The van der Waals surface area contributed by atoms with Crippen LogP contribution in [0.5, 0.6) is 0 Å². The standard InChI is InChI=1S/C18H22N2O4S/c1-24-12-11-20(14-15-7-4-3-5-8-15)18(21)16-9-6-10-17(13-16)19-25(2,22)23/h3-10,13,19H,11-12,14H2,1-2H3. The molecule has 0 aliphatic rings. The van der Waals surface area contributed by atoms with E-state index in [0.717, 1.165) is 11.8 Å². The average molecular weight is 362 g/mol.